The van der Waals surface area contributed by atoms with Crippen LogP contribution in [0.2, 0.25) is 0 Å². The number of halogens is 1. The fourth-order valence-electron chi connectivity index (χ4n) is 9.26. The molecule has 3 heterocycles. The van der Waals surface area contributed by atoms with Crippen molar-refractivity contribution in [3.05, 3.63) is 137 Å². The molecular weight excluding hydrogens is 936 g/mol. The standard InChI is InChI=1S/C56H67ClN6O7S/c1-38-52(71-37-59-38)43-16-14-39(15-17-43)35-58-54(68)48-34-45(65)36-63(48)55(69)53(56(2,3)4)60-49(66)12-8-9-13-50(67)62-30-28-61(29-31-62)32-33-70-46-24-20-42(21-25-46)51(41-18-22-44(64)23-19-41)47(26-27-57)40-10-6-5-7-11-40/h5-7,10-11,14-25,37,45,48,53,64-65H,8-9,12-13,26-36H2,1-4H3,(H,58,68)(H,60,66)/t45?,48?,53-/m1/s1. The van der Waals surface area contributed by atoms with Crippen molar-refractivity contribution in [3.8, 4) is 21.9 Å². The van der Waals surface area contributed by atoms with Crippen LogP contribution in [0.25, 0.3) is 21.6 Å². The Labute approximate surface area is 426 Å². The van der Waals surface area contributed by atoms with E-state index in [2.05, 4.69) is 44.8 Å². The lowest BCUT2D eigenvalue weighted by Gasteiger charge is -2.35. The molecule has 2 aliphatic rings. The highest BCUT2D eigenvalue weighted by Crippen LogP contribution is 2.36. The molecule has 7 rings (SSSR count). The molecule has 2 aliphatic heterocycles. The van der Waals surface area contributed by atoms with Crippen LogP contribution in [0.4, 0.5) is 0 Å². The van der Waals surface area contributed by atoms with E-state index >= 15 is 0 Å². The Balaban J connectivity index is 0.821. The highest BCUT2D eigenvalue weighted by atomic mass is 35.5. The molecule has 4 aromatic carbocycles. The summed E-state index contributed by atoms with van der Waals surface area (Å²) in [5.74, 6) is 0.427. The number of carbonyl (C=O) groups is 4. The van der Waals surface area contributed by atoms with Crippen LogP contribution in [0.3, 0.4) is 0 Å². The minimum absolute atomic E-state index is 0.00260. The van der Waals surface area contributed by atoms with Gasteiger partial charge in [0.05, 0.1) is 22.2 Å². The SMILES string of the molecule is Cc1ncsc1-c1ccc(CNC(=O)C2CC(O)CN2C(=O)[C@@H](NC(=O)CCCCC(=O)N2CCN(CCOc3ccc(C(=C(CCCl)c4ccccc4)c4ccc(O)cc4)cc3)CC2)C(C)(C)C)cc1. The highest BCUT2D eigenvalue weighted by Gasteiger charge is 2.44. The first-order valence-electron chi connectivity index (χ1n) is 24.6. The van der Waals surface area contributed by atoms with Gasteiger partial charge in [-0.05, 0) is 94.8 Å². The Hall–Kier alpha value is -6.06. The summed E-state index contributed by atoms with van der Waals surface area (Å²) in [6.45, 7) is 11.7. The second-order valence-electron chi connectivity index (χ2n) is 19.5. The first kappa shape index (κ1) is 52.8. The Morgan fingerprint density at radius 2 is 1.51 bits per heavy atom. The molecule has 4 N–H and O–H groups in total. The van der Waals surface area contributed by atoms with E-state index in [1.54, 1.807) is 23.5 Å². The number of piperazine rings is 1. The quantitative estimate of drug-likeness (QED) is 0.0341. The number of hydrogen-bond donors (Lipinski definition) is 4. The number of phenolic OH excluding ortho intramolecular Hbond substituents is 1. The molecule has 2 saturated heterocycles. The topological polar surface area (TPSA) is 165 Å². The lowest BCUT2D eigenvalue weighted by Crippen LogP contribution is -2.57. The molecular formula is C56H67ClN6O7S. The molecule has 2 fully saturated rings. The first-order chi connectivity index (χ1) is 34.2. The van der Waals surface area contributed by atoms with Crippen molar-refractivity contribution >= 4 is 57.7 Å². The number of aromatic hydroxyl groups is 1. The number of unbranched alkanes of at least 4 members (excludes halogenated alkanes) is 1. The number of aliphatic hydroxyl groups is 1. The number of nitrogens with one attached hydrogen (secondary N) is 2. The van der Waals surface area contributed by atoms with Crippen LogP contribution >= 0.6 is 22.9 Å². The number of aryl methyl sites for hydroxylation is 1. The van der Waals surface area contributed by atoms with Gasteiger partial charge in [-0.2, -0.15) is 0 Å². The van der Waals surface area contributed by atoms with Gasteiger partial charge in [-0.25, -0.2) is 4.98 Å². The van der Waals surface area contributed by atoms with Crippen LogP contribution in [0.1, 0.15) is 87.2 Å². The third-order valence-electron chi connectivity index (χ3n) is 13.2. The van der Waals surface area contributed by atoms with Gasteiger partial charge in [0, 0.05) is 71.0 Å². The molecule has 0 bridgehead atoms. The van der Waals surface area contributed by atoms with Crippen molar-refractivity contribution in [2.24, 2.45) is 5.41 Å². The molecule has 15 heteroatoms. The maximum absolute atomic E-state index is 14.1. The minimum atomic E-state index is -0.921. The number of rotatable bonds is 20. The van der Waals surface area contributed by atoms with Crippen molar-refractivity contribution in [1.29, 1.82) is 0 Å². The lowest BCUT2D eigenvalue weighted by atomic mass is 9.85. The van der Waals surface area contributed by atoms with Gasteiger partial charge in [0.15, 0.2) is 0 Å². The number of carbonyl (C=O) groups excluding carboxylic acids is 4. The van der Waals surface area contributed by atoms with Gasteiger partial charge in [0.25, 0.3) is 0 Å². The lowest BCUT2D eigenvalue weighted by molar-refractivity contribution is -0.144. The number of likely N-dealkylation sites (tertiary alicyclic amines) is 1. The maximum atomic E-state index is 14.1. The first-order valence-corrected chi connectivity index (χ1v) is 26.0. The number of β-amino-alcohol motifs (C(OH)–C–C–N with tert-alkyl or cyclic N) is 1. The Morgan fingerprint density at radius 1 is 0.845 bits per heavy atom. The molecule has 13 nitrogen and oxygen atoms in total. The summed E-state index contributed by atoms with van der Waals surface area (Å²) in [5, 5.41) is 26.5. The summed E-state index contributed by atoms with van der Waals surface area (Å²) in [7, 11) is 0. The highest BCUT2D eigenvalue weighted by molar-refractivity contribution is 7.13. The van der Waals surface area contributed by atoms with Crippen molar-refractivity contribution in [2.45, 2.75) is 91.0 Å². The fourth-order valence-corrected chi connectivity index (χ4v) is 10.3. The summed E-state index contributed by atoms with van der Waals surface area (Å²) in [6, 6.07) is 31.6. The van der Waals surface area contributed by atoms with Crippen LogP contribution < -0.4 is 15.4 Å². The van der Waals surface area contributed by atoms with E-state index in [-0.39, 0.29) is 49.4 Å². The average molecular weight is 1000 g/mol. The number of thiazole rings is 1. The Bertz CT molecular complexity index is 2590. The van der Waals surface area contributed by atoms with Crippen molar-refractivity contribution in [2.75, 3.05) is 51.8 Å². The van der Waals surface area contributed by atoms with Crippen molar-refractivity contribution in [3.63, 3.8) is 0 Å². The number of alkyl halides is 1. The number of nitrogens with zero attached hydrogens (tertiary/aromatic N) is 4. The summed E-state index contributed by atoms with van der Waals surface area (Å²) < 4.78 is 6.18. The van der Waals surface area contributed by atoms with Gasteiger partial charge in [0.2, 0.25) is 23.6 Å². The zero-order valence-corrected chi connectivity index (χ0v) is 42.8. The molecule has 0 saturated carbocycles. The van der Waals surface area contributed by atoms with Gasteiger partial charge in [0.1, 0.15) is 30.2 Å². The molecule has 0 aliphatic carbocycles. The van der Waals surface area contributed by atoms with Crippen LogP contribution in [-0.2, 0) is 25.7 Å². The zero-order valence-electron chi connectivity index (χ0n) is 41.2. The number of benzene rings is 4. The molecule has 0 spiro atoms. The monoisotopic (exact) mass is 1000 g/mol. The van der Waals surface area contributed by atoms with Gasteiger partial charge < -0.3 is 35.4 Å². The second-order valence-corrected chi connectivity index (χ2v) is 20.7. The molecule has 4 amide bonds. The smallest absolute Gasteiger partial charge is 0.246 e. The van der Waals surface area contributed by atoms with Crippen molar-refractivity contribution < 1.29 is 34.1 Å². The number of ether oxygens (including phenoxy) is 1. The average Bonchev–Trinajstić information content (AvgIpc) is 3.99. The van der Waals surface area contributed by atoms with E-state index in [0.717, 1.165) is 74.9 Å². The minimum Gasteiger partial charge on any atom is -0.508 e. The van der Waals surface area contributed by atoms with Gasteiger partial charge >= 0.3 is 0 Å². The second kappa shape index (κ2) is 24.9. The number of hydrogen-bond acceptors (Lipinski definition) is 10. The summed E-state index contributed by atoms with van der Waals surface area (Å²) in [5.41, 5.74) is 9.33. The van der Waals surface area contributed by atoms with Crippen LogP contribution in [0.15, 0.2) is 109 Å². The molecule has 1 aromatic heterocycles. The number of aromatic nitrogens is 1. The third kappa shape index (κ3) is 14.3. The van der Waals surface area contributed by atoms with Gasteiger partial charge in [-0.15, -0.1) is 22.9 Å². The van der Waals surface area contributed by atoms with Gasteiger partial charge in [-0.3, -0.25) is 24.1 Å². The molecule has 3 atom stereocenters. The maximum Gasteiger partial charge on any atom is 0.246 e. The van der Waals surface area contributed by atoms with E-state index < -0.39 is 29.5 Å². The molecule has 71 heavy (non-hydrogen) atoms. The number of aliphatic hydroxyl groups excluding tert-OH is 1. The Kier molecular flexibility index (Phi) is 18.5. The summed E-state index contributed by atoms with van der Waals surface area (Å²) in [4.78, 5) is 65.1. The predicted octanol–water partition coefficient (Wildman–Crippen LogP) is 8.30. The fraction of sp³-hybridized carbons (Fsp3) is 0.411. The summed E-state index contributed by atoms with van der Waals surface area (Å²) in [6.07, 6.45) is 1.41. The molecule has 0 radical (unpaired) electrons. The number of amides is 4. The molecule has 5 aromatic rings. The number of phenols is 1. The summed E-state index contributed by atoms with van der Waals surface area (Å²) >= 11 is 7.90. The van der Waals surface area contributed by atoms with E-state index in [4.69, 9.17) is 16.3 Å². The zero-order chi connectivity index (χ0) is 50.5. The molecule has 376 valence electrons. The van der Waals surface area contributed by atoms with Crippen LogP contribution in [0, 0.1) is 12.3 Å². The van der Waals surface area contributed by atoms with E-state index in [1.165, 1.54) is 4.90 Å². The van der Waals surface area contributed by atoms with Crippen molar-refractivity contribution in [1.82, 2.24) is 30.3 Å². The van der Waals surface area contributed by atoms with E-state index in [9.17, 15) is 29.4 Å². The van der Waals surface area contributed by atoms with Crippen LogP contribution in [-0.4, -0.2) is 123 Å². The molecule has 2 unspecified atom stereocenters. The van der Waals surface area contributed by atoms with E-state index in [1.807, 2.05) is 105 Å². The number of allylic oxidation sites excluding steroid dienone is 1. The van der Waals surface area contributed by atoms with Gasteiger partial charge in [-0.1, -0.05) is 99.6 Å². The normalized spacial score (nSPS) is 17.1. The Morgan fingerprint density at radius 3 is 2.14 bits per heavy atom. The third-order valence-corrected chi connectivity index (χ3v) is 14.4. The van der Waals surface area contributed by atoms with E-state index in [0.29, 0.717) is 51.3 Å². The van der Waals surface area contributed by atoms with Crippen LogP contribution in [0.5, 0.6) is 11.5 Å². The largest absolute Gasteiger partial charge is 0.508 e. The predicted molar refractivity (Wildman–Crippen MR) is 281 cm³/mol.